The van der Waals surface area contributed by atoms with Crippen molar-refractivity contribution in [1.29, 1.82) is 0 Å². The lowest BCUT2D eigenvalue weighted by molar-refractivity contribution is 0.0601. The number of nitrogens with zero attached hydrogens (tertiary/aromatic N) is 2. The molecule has 0 radical (unpaired) electrons. The number of benzene rings is 2. The average Bonchev–Trinajstić information content (AvgIpc) is 3.18. The molecule has 0 saturated heterocycles. The van der Waals surface area contributed by atoms with E-state index in [1.54, 1.807) is 30.3 Å². The minimum atomic E-state index is -0.486. The fourth-order valence-corrected chi connectivity index (χ4v) is 2.43. The largest absolute Gasteiger partial charge is 0.465 e. The highest BCUT2D eigenvalue weighted by Crippen LogP contribution is 2.50. The van der Waals surface area contributed by atoms with Gasteiger partial charge in [-0.1, -0.05) is 29.8 Å². The van der Waals surface area contributed by atoms with Crippen molar-refractivity contribution in [3.05, 3.63) is 51.9 Å². The molecule has 0 aromatic heterocycles. The second-order valence-corrected chi connectivity index (χ2v) is 4.63. The van der Waals surface area contributed by atoms with Gasteiger partial charge in [0.15, 0.2) is 0 Å². The molecule has 20 heavy (non-hydrogen) atoms. The number of anilines is 2. The van der Waals surface area contributed by atoms with Crippen LogP contribution in [0.1, 0.15) is 10.4 Å². The third kappa shape index (κ3) is 1.83. The van der Waals surface area contributed by atoms with Gasteiger partial charge in [0.1, 0.15) is 0 Å². The van der Waals surface area contributed by atoms with E-state index in [-0.39, 0.29) is 0 Å². The Morgan fingerprint density at radius 1 is 1.25 bits per heavy atom. The van der Waals surface area contributed by atoms with Gasteiger partial charge >= 0.3 is 5.97 Å². The molecule has 6 heteroatoms. The van der Waals surface area contributed by atoms with Crippen molar-refractivity contribution in [1.82, 2.24) is 0 Å². The van der Waals surface area contributed by atoms with Crippen molar-refractivity contribution in [2.24, 2.45) is 5.29 Å². The molecular weight excluding hydrogens is 280 g/mol. The summed E-state index contributed by atoms with van der Waals surface area (Å²) in [6, 6.07) is 10.6. The summed E-state index contributed by atoms with van der Waals surface area (Å²) >= 11 is 6.26. The van der Waals surface area contributed by atoms with E-state index >= 15 is 0 Å². The van der Waals surface area contributed by atoms with Crippen molar-refractivity contribution < 1.29 is 9.53 Å². The molecule has 0 unspecified atom stereocenters. The van der Waals surface area contributed by atoms with E-state index in [2.05, 4.69) is 10.0 Å². The second-order valence-electron chi connectivity index (χ2n) is 4.26. The Morgan fingerprint density at radius 2 is 2.05 bits per heavy atom. The van der Waals surface area contributed by atoms with Crippen molar-refractivity contribution in [3.63, 3.8) is 0 Å². The summed E-state index contributed by atoms with van der Waals surface area (Å²) in [4.78, 5) is 22.1. The zero-order chi connectivity index (χ0) is 14.3. The monoisotopic (exact) mass is 288 g/mol. The van der Waals surface area contributed by atoms with Gasteiger partial charge in [-0.2, -0.15) is 5.01 Å². The Labute approximate surface area is 119 Å². The van der Waals surface area contributed by atoms with E-state index < -0.39 is 5.97 Å². The first-order valence-electron chi connectivity index (χ1n) is 5.82. The molecular formula is C14H9ClN2O3. The number of rotatable bonds is 3. The van der Waals surface area contributed by atoms with Crippen LogP contribution in [0.3, 0.4) is 0 Å². The number of fused-ring (bicyclic) bond motifs is 1. The van der Waals surface area contributed by atoms with E-state index in [4.69, 9.17) is 11.6 Å². The molecule has 0 spiro atoms. The quantitative estimate of drug-likeness (QED) is 0.488. The lowest BCUT2D eigenvalue weighted by Crippen LogP contribution is -2.02. The Morgan fingerprint density at radius 3 is 2.75 bits per heavy atom. The molecule has 0 N–H and O–H groups in total. The molecule has 2 aromatic carbocycles. The highest BCUT2D eigenvalue weighted by Gasteiger charge is 2.31. The first kappa shape index (κ1) is 12.6. The first-order chi connectivity index (χ1) is 9.67. The Balaban J connectivity index is 2.06. The van der Waals surface area contributed by atoms with E-state index in [1.165, 1.54) is 12.1 Å². The SMILES string of the molecule is COC(=O)c1cccc(-c2ccc3c(c2)N3N=O)c1Cl. The van der Waals surface area contributed by atoms with Gasteiger partial charge in [-0.15, -0.1) is 4.91 Å². The molecule has 1 heterocycles. The van der Waals surface area contributed by atoms with Gasteiger partial charge in [-0.05, 0) is 23.8 Å². The van der Waals surface area contributed by atoms with Crippen molar-refractivity contribution in [2.75, 3.05) is 12.1 Å². The smallest absolute Gasteiger partial charge is 0.339 e. The molecule has 1 aliphatic rings. The number of methoxy groups -OCH3 is 1. The zero-order valence-electron chi connectivity index (χ0n) is 10.5. The number of carbonyl (C=O) groups excluding carboxylic acids is 1. The molecule has 0 bridgehead atoms. The summed E-state index contributed by atoms with van der Waals surface area (Å²) in [5.74, 6) is -0.486. The van der Waals surface area contributed by atoms with Crippen LogP contribution in [-0.4, -0.2) is 13.1 Å². The van der Waals surface area contributed by atoms with Crippen LogP contribution < -0.4 is 5.01 Å². The maximum atomic E-state index is 11.6. The number of hydrogen-bond donors (Lipinski definition) is 0. The van der Waals surface area contributed by atoms with Crippen LogP contribution in [0, 0.1) is 4.91 Å². The minimum absolute atomic E-state index is 0.307. The summed E-state index contributed by atoms with van der Waals surface area (Å²) in [5.41, 5.74) is 3.35. The van der Waals surface area contributed by atoms with E-state index in [0.29, 0.717) is 16.1 Å². The van der Waals surface area contributed by atoms with Gasteiger partial charge in [0.25, 0.3) is 0 Å². The molecule has 0 saturated carbocycles. The normalized spacial score (nSPS) is 11.8. The fourth-order valence-electron chi connectivity index (χ4n) is 2.12. The molecule has 100 valence electrons. The molecule has 2 aromatic rings. The molecule has 0 amide bonds. The van der Waals surface area contributed by atoms with Gasteiger partial charge in [0.05, 0.1) is 34.4 Å². The van der Waals surface area contributed by atoms with E-state index in [9.17, 15) is 9.70 Å². The lowest BCUT2D eigenvalue weighted by Gasteiger charge is -2.07. The molecule has 5 nitrogen and oxygen atoms in total. The van der Waals surface area contributed by atoms with E-state index in [0.717, 1.165) is 16.9 Å². The summed E-state index contributed by atoms with van der Waals surface area (Å²) in [6.45, 7) is 0. The second kappa shape index (κ2) is 4.61. The van der Waals surface area contributed by atoms with Gasteiger partial charge in [0, 0.05) is 5.56 Å². The average molecular weight is 289 g/mol. The van der Waals surface area contributed by atoms with Gasteiger partial charge in [-0.3, -0.25) is 0 Å². The van der Waals surface area contributed by atoms with Crippen LogP contribution in [-0.2, 0) is 4.74 Å². The highest BCUT2D eigenvalue weighted by molar-refractivity contribution is 6.36. The maximum absolute atomic E-state index is 11.6. The Bertz CT molecular complexity index is 730. The maximum Gasteiger partial charge on any atom is 0.339 e. The van der Waals surface area contributed by atoms with Crippen LogP contribution in [0.2, 0.25) is 5.02 Å². The summed E-state index contributed by atoms with van der Waals surface area (Å²) in [6.07, 6.45) is 0. The predicted molar refractivity (Wildman–Crippen MR) is 76.2 cm³/mol. The number of esters is 1. The van der Waals surface area contributed by atoms with E-state index in [1.807, 2.05) is 6.07 Å². The fraction of sp³-hybridized carbons (Fsp3) is 0.0714. The number of hydrogen-bond acceptors (Lipinski definition) is 4. The van der Waals surface area contributed by atoms with Gasteiger partial charge in [-0.25, -0.2) is 4.79 Å². The number of halogens is 1. The number of nitroso groups, excluding NO2 is 1. The Kier molecular flexibility index (Phi) is 2.91. The molecule has 0 fully saturated rings. The summed E-state index contributed by atoms with van der Waals surface area (Å²) in [5, 5.41) is 4.48. The summed E-state index contributed by atoms with van der Waals surface area (Å²) in [7, 11) is 1.31. The van der Waals surface area contributed by atoms with Crippen LogP contribution in [0.15, 0.2) is 41.7 Å². The summed E-state index contributed by atoms with van der Waals surface area (Å²) < 4.78 is 4.69. The predicted octanol–water partition coefficient (Wildman–Crippen LogP) is 3.93. The van der Waals surface area contributed by atoms with Crippen molar-refractivity contribution in [2.45, 2.75) is 0 Å². The third-order valence-corrected chi connectivity index (χ3v) is 3.59. The number of ether oxygens (including phenoxy) is 1. The van der Waals surface area contributed by atoms with Crippen molar-refractivity contribution >= 4 is 28.9 Å². The van der Waals surface area contributed by atoms with Crippen molar-refractivity contribution in [3.8, 4) is 11.1 Å². The first-order valence-corrected chi connectivity index (χ1v) is 6.20. The van der Waals surface area contributed by atoms with Crippen LogP contribution in [0.25, 0.3) is 11.1 Å². The molecule has 1 aliphatic heterocycles. The number of carbonyl (C=O) groups is 1. The lowest BCUT2D eigenvalue weighted by atomic mass is 10.0. The van der Waals surface area contributed by atoms with Gasteiger partial charge < -0.3 is 4.74 Å². The standard InChI is InChI=1S/C14H9ClN2O3/c1-20-14(18)10-4-2-3-9(13(10)15)8-5-6-11-12(7-8)17(11)16-19/h2-7H,1H3. The van der Waals surface area contributed by atoms with Crippen LogP contribution in [0.4, 0.5) is 11.4 Å². The van der Waals surface area contributed by atoms with Crippen LogP contribution in [0.5, 0.6) is 0 Å². The molecule has 0 aliphatic carbocycles. The highest BCUT2D eigenvalue weighted by atomic mass is 35.5. The third-order valence-electron chi connectivity index (χ3n) is 3.18. The molecule has 3 rings (SSSR count). The topological polar surface area (TPSA) is 58.7 Å². The Hall–Kier alpha value is -2.40. The van der Waals surface area contributed by atoms with Gasteiger partial charge in [0.2, 0.25) is 0 Å². The van der Waals surface area contributed by atoms with Crippen LogP contribution >= 0.6 is 11.6 Å². The minimum Gasteiger partial charge on any atom is -0.465 e. The molecule has 0 atom stereocenters. The zero-order valence-corrected chi connectivity index (χ0v) is 11.2.